The molecule has 2 fully saturated rings. The molecule has 3 aromatic heterocycles. The molecule has 1 spiro atoms. The van der Waals surface area contributed by atoms with E-state index in [1.54, 1.807) is 24.4 Å². The molecule has 2 aliphatic rings. The minimum absolute atomic E-state index is 0.310. The zero-order chi connectivity index (χ0) is 22.4. The number of ether oxygens (including phenoxy) is 2. The summed E-state index contributed by atoms with van der Waals surface area (Å²) in [5.41, 5.74) is 2.79. The summed E-state index contributed by atoms with van der Waals surface area (Å²) < 4.78 is 31.7. The Bertz CT molecular complexity index is 1290. The molecule has 0 bridgehead atoms. The van der Waals surface area contributed by atoms with Crippen LogP contribution in [0, 0.1) is 5.82 Å². The van der Waals surface area contributed by atoms with Gasteiger partial charge in [0, 0.05) is 43.3 Å². The van der Waals surface area contributed by atoms with Crippen LogP contribution in [-0.4, -0.2) is 47.0 Å². The standard InChI is InChI=1S/C24H20ClFN4O3/c25-18-6-3-16(13-27-18)21-19(15-1-4-17(26)5-2-15)20-22(28-14-29-23(20)33-21)30-9-7-24(8-10-30)31-11-12-32-24/h1-6,13-14H,7-12H2. The SMILES string of the molecule is Fc1ccc(-c2c(-c3ccc(Cl)nc3)oc3ncnc(N4CCC5(CC4)OCCO5)c23)cc1. The first-order chi connectivity index (χ1) is 16.1. The molecule has 0 unspecified atom stereocenters. The maximum absolute atomic E-state index is 13.7. The second-order valence-electron chi connectivity index (χ2n) is 8.15. The van der Waals surface area contributed by atoms with Crippen LogP contribution in [0.25, 0.3) is 33.6 Å². The molecule has 2 saturated heterocycles. The fourth-order valence-corrected chi connectivity index (χ4v) is 4.72. The van der Waals surface area contributed by atoms with Gasteiger partial charge in [-0.25, -0.2) is 19.3 Å². The van der Waals surface area contributed by atoms with Crippen molar-refractivity contribution in [3.8, 4) is 22.5 Å². The lowest BCUT2D eigenvalue weighted by molar-refractivity contribution is -0.169. The first-order valence-corrected chi connectivity index (χ1v) is 11.2. The molecule has 1 aromatic carbocycles. The summed E-state index contributed by atoms with van der Waals surface area (Å²) in [6.07, 6.45) is 4.65. The normalized spacial score (nSPS) is 17.8. The lowest BCUT2D eigenvalue weighted by Gasteiger charge is -2.38. The average Bonchev–Trinajstić information content (AvgIpc) is 3.46. The van der Waals surface area contributed by atoms with Gasteiger partial charge in [0.05, 0.1) is 18.6 Å². The van der Waals surface area contributed by atoms with Crippen LogP contribution in [0.1, 0.15) is 12.8 Å². The molecule has 0 amide bonds. The Kier molecular flexibility index (Phi) is 5.01. The van der Waals surface area contributed by atoms with E-state index < -0.39 is 5.79 Å². The average molecular weight is 467 g/mol. The van der Waals surface area contributed by atoms with Crippen LogP contribution < -0.4 is 4.90 Å². The molecule has 33 heavy (non-hydrogen) atoms. The molecule has 5 heterocycles. The van der Waals surface area contributed by atoms with Crippen LogP contribution in [0.4, 0.5) is 10.2 Å². The van der Waals surface area contributed by atoms with Crippen molar-refractivity contribution < 1.29 is 18.3 Å². The maximum atomic E-state index is 13.7. The number of halogens is 2. The number of pyridine rings is 1. The zero-order valence-electron chi connectivity index (χ0n) is 17.6. The van der Waals surface area contributed by atoms with Gasteiger partial charge >= 0.3 is 0 Å². The van der Waals surface area contributed by atoms with Crippen molar-refractivity contribution in [2.45, 2.75) is 18.6 Å². The van der Waals surface area contributed by atoms with E-state index in [1.165, 1.54) is 18.5 Å². The molecule has 9 heteroatoms. The molecule has 168 valence electrons. The number of piperidine rings is 1. The Balaban J connectivity index is 1.50. The van der Waals surface area contributed by atoms with Gasteiger partial charge in [0.1, 0.15) is 28.9 Å². The third-order valence-corrected chi connectivity index (χ3v) is 6.45. The van der Waals surface area contributed by atoms with Crippen molar-refractivity contribution in [1.29, 1.82) is 0 Å². The molecule has 0 aliphatic carbocycles. The predicted octanol–water partition coefficient (Wildman–Crippen LogP) is 5.09. The highest BCUT2D eigenvalue weighted by Crippen LogP contribution is 2.44. The van der Waals surface area contributed by atoms with Crippen LogP contribution in [0.2, 0.25) is 5.15 Å². The summed E-state index contributed by atoms with van der Waals surface area (Å²) in [5.74, 6) is 0.553. The van der Waals surface area contributed by atoms with Crippen LogP contribution in [-0.2, 0) is 9.47 Å². The molecular formula is C24H20ClFN4O3. The third-order valence-electron chi connectivity index (χ3n) is 6.23. The van der Waals surface area contributed by atoms with Gasteiger partial charge in [0.2, 0.25) is 5.71 Å². The van der Waals surface area contributed by atoms with Gasteiger partial charge in [0.25, 0.3) is 0 Å². The van der Waals surface area contributed by atoms with E-state index in [0.717, 1.165) is 53.8 Å². The molecule has 0 saturated carbocycles. The molecule has 2 aliphatic heterocycles. The highest BCUT2D eigenvalue weighted by atomic mass is 35.5. The van der Waals surface area contributed by atoms with Crippen LogP contribution in [0.3, 0.4) is 0 Å². The molecule has 7 nitrogen and oxygen atoms in total. The van der Waals surface area contributed by atoms with Crippen molar-refractivity contribution in [2.24, 2.45) is 0 Å². The van der Waals surface area contributed by atoms with Crippen molar-refractivity contribution in [3.63, 3.8) is 0 Å². The van der Waals surface area contributed by atoms with Crippen LogP contribution in [0.15, 0.2) is 53.3 Å². The van der Waals surface area contributed by atoms with Gasteiger partial charge in [0.15, 0.2) is 5.79 Å². The minimum atomic E-state index is -0.487. The highest BCUT2D eigenvalue weighted by Gasteiger charge is 2.40. The number of anilines is 1. The zero-order valence-corrected chi connectivity index (χ0v) is 18.4. The Hall–Kier alpha value is -3.07. The first kappa shape index (κ1) is 20.5. The smallest absolute Gasteiger partial charge is 0.232 e. The first-order valence-electron chi connectivity index (χ1n) is 10.8. The number of aromatic nitrogens is 3. The lowest BCUT2D eigenvalue weighted by atomic mass is 9.98. The summed E-state index contributed by atoms with van der Waals surface area (Å²) in [6, 6.07) is 9.87. The largest absolute Gasteiger partial charge is 0.437 e. The van der Waals surface area contributed by atoms with Gasteiger partial charge in [-0.1, -0.05) is 23.7 Å². The van der Waals surface area contributed by atoms with Crippen LogP contribution >= 0.6 is 11.6 Å². The van der Waals surface area contributed by atoms with E-state index >= 15 is 0 Å². The minimum Gasteiger partial charge on any atom is -0.437 e. The van der Waals surface area contributed by atoms with Crippen molar-refractivity contribution in [2.75, 3.05) is 31.2 Å². The number of rotatable bonds is 3. The summed E-state index contributed by atoms with van der Waals surface area (Å²) in [6.45, 7) is 2.70. The summed E-state index contributed by atoms with van der Waals surface area (Å²) in [4.78, 5) is 15.4. The van der Waals surface area contributed by atoms with E-state index in [2.05, 4.69) is 19.9 Å². The summed E-state index contributed by atoms with van der Waals surface area (Å²) >= 11 is 6.00. The Labute approximate surface area is 194 Å². The van der Waals surface area contributed by atoms with Crippen molar-refractivity contribution in [3.05, 3.63) is 59.9 Å². The topological polar surface area (TPSA) is 73.5 Å². The molecule has 0 atom stereocenters. The Morgan fingerprint density at radius 2 is 1.64 bits per heavy atom. The second-order valence-corrected chi connectivity index (χ2v) is 8.54. The highest BCUT2D eigenvalue weighted by molar-refractivity contribution is 6.29. The van der Waals surface area contributed by atoms with Crippen LogP contribution in [0.5, 0.6) is 0 Å². The lowest BCUT2D eigenvalue weighted by Crippen LogP contribution is -2.45. The molecule has 4 aromatic rings. The van der Waals surface area contributed by atoms with E-state index in [9.17, 15) is 4.39 Å². The van der Waals surface area contributed by atoms with Gasteiger partial charge in [-0.15, -0.1) is 0 Å². The Morgan fingerprint density at radius 1 is 0.909 bits per heavy atom. The van der Waals surface area contributed by atoms with E-state index in [0.29, 0.717) is 29.8 Å². The predicted molar refractivity (Wildman–Crippen MR) is 122 cm³/mol. The van der Waals surface area contributed by atoms with Crippen molar-refractivity contribution >= 4 is 28.5 Å². The number of hydrogen-bond donors (Lipinski definition) is 0. The van der Waals surface area contributed by atoms with E-state index in [1.807, 2.05) is 6.07 Å². The fraction of sp³-hybridized carbons (Fsp3) is 0.292. The third kappa shape index (κ3) is 3.64. The van der Waals surface area contributed by atoms with E-state index in [4.69, 9.17) is 25.5 Å². The molecular weight excluding hydrogens is 447 g/mol. The van der Waals surface area contributed by atoms with Gasteiger partial charge in [-0.2, -0.15) is 0 Å². The fourth-order valence-electron chi connectivity index (χ4n) is 4.61. The number of benzene rings is 1. The summed E-state index contributed by atoms with van der Waals surface area (Å²) in [7, 11) is 0. The summed E-state index contributed by atoms with van der Waals surface area (Å²) in [5, 5.41) is 1.16. The number of hydrogen-bond acceptors (Lipinski definition) is 7. The number of nitrogens with zero attached hydrogens (tertiary/aromatic N) is 4. The van der Waals surface area contributed by atoms with Gasteiger partial charge < -0.3 is 18.8 Å². The maximum Gasteiger partial charge on any atom is 0.232 e. The number of fused-ring (bicyclic) bond motifs is 1. The Morgan fingerprint density at radius 3 is 2.33 bits per heavy atom. The molecule has 6 rings (SSSR count). The molecule has 0 N–H and O–H groups in total. The molecule has 0 radical (unpaired) electrons. The van der Waals surface area contributed by atoms with Gasteiger partial charge in [-0.05, 0) is 29.8 Å². The monoisotopic (exact) mass is 466 g/mol. The van der Waals surface area contributed by atoms with E-state index in [-0.39, 0.29) is 5.82 Å². The second kappa shape index (κ2) is 8.06. The van der Waals surface area contributed by atoms with Gasteiger partial charge in [-0.3, -0.25) is 0 Å². The quantitative estimate of drug-likeness (QED) is 0.389. The van der Waals surface area contributed by atoms with Crippen molar-refractivity contribution in [1.82, 2.24) is 15.0 Å². The number of furan rings is 1.